The van der Waals surface area contributed by atoms with Crippen LogP contribution in [0.5, 0.6) is 0 Å². The molecule has 2 rings (SSSR count). The number of nitrogens with zero attached hydrogens (tertiary/aromatic N) is 2. The number of rotatable bonds is 5. The average Bonchev–Trinajstić information content (AvgIpc) is 2.48. The molecule has 116 valence electrons. The van der Waals surface area contributed by atoms with Crippen LogP contribution < -0.4 is 10.7 Å². The number of halogens is 1. The first-order valence-corrected chi connectivity index (χ1v) is 7.56. The van der Waals surface area contributed by atoms with Crippen LogP contribution in [0.15, 0.2) is 35.1 Å². The summed E-state index contributed by atoms with van der Waals surface area (Å²) in [6, 6.07) is 8.54. The van der Waals surface area contributed by atoms with Crippen LogP contribution in [0.3, 0.4) is 0 Å². The predicted octanol–water partition coefficient (Wildman–Crippen LogP) is 2.72. The summed E-state index contributed by atoms with van der Waals surface area (Å²) in [5.41, 5.74) is 0.726. The molecule has 0 aliphatic rings. The standard InChI is InChI=1S/C16H18ClN3O2/c1-3-4-9-18-16(22)15-14(21)10-11(2)20(19-15)13-8-6-5-7-12(13)17/h5-8,10H,3-4,9H2,1-2H3,(H,18,22). The second-order valence-electron chi connectivity index (χ2n) is 4.97. The number of para-hydroxylation sites is 1. The molecule has 0 fully saturated rings. The van der Waals surface area contributed by atoms with Crippen molar-refractivity contribution in [2.45, 2.75) is 26.7 Å². The maximum atomic E-state index is 12.1. The number of carbonyl (C=O) groups excluding carboxylic acids is 1. The van der Waals surface area contributed by atoms with E-state index in [2.05, 4.69) is 10.4 Å². The van der Waals surface area contributed by atoms with Gasteiger partial charge < -0.3 is 5.32 Å². The molecule has 1 aromatic carbocycles. The minimum absolute atomic E-state index is 0.123. The van der Waals surface area contributed by atoms with E-state index in [4.69, 9.17) is 11.6 Å². The molecule has 22 heavy (non-hydrogen) atoms. The highest BCUT2D eigenvalue weighted by atomic mass is 35.5. The second-order valence-corrected chi connectivity index (χ2v) is 5.38. The van der Waals surface area contributed by atoms with Gasteiger partial charge in [-0.15, -0.1) is 0 Å². The zero-order chi connectivity index (χ0) is 16.1. The predicted molar refractivity (Wildman–Crippen MR) is 86.8 cm³/mol. The molecule has 0 atom stereocenters. The fourth-order valence-electron chi connectivity index (χ4n) is 2.03. The fraction of sp³-hybridized carbons (Fsp3) is 0.312. The summed E-state index contributed by atoms with van der Waals surface area (Å²) in [6.07, 6.45) is 1.82. The number of hydrogen-bond acceptors (Lipinski definition) is 3. The third-order valence-electron chi connectivity index (χ3n) is 3.22. The van der Waals surface area contributed by atoms with Gasteiger partial charge in [-0.05, 0) is 25.5 Å². The Balaban J connectivity index is 2.42. The molecule has 0 unspecified atom stereocenters. The lowest BCUT2D eigenvalue weighted by Gasteiger charge is -2.12. The van der Waals surface area contributed by atoms with Crippen LogP contribution >= 0.6 is 11.6 Å². The average molecular weight is 320 g/mol. The SMILES string of the molecule is CCCCNC(=O)c1nn(-c2ccccc2Cl)c(C)cc1=O. The van der Waals surface area contributed by atoms with Crippen molar-refractivity contribution in [1.82, 2.24) is 15.1 Å². The zero-order valence-electron chi connectivity index (χ0n) is 12.6. The van der Waals surface area contributed by atoms with Crippen molar-refractivity contribution in [2.75, 3.05) is 6.54 Å². The summed E-state index contributed by atoms with van der Waals surface area (Å²) >= 11 is 6.17. The molecular weight excluding hydrogens is 302 g/mol. The van der Waals surface area contributed by atoms with Crippen molar-refractivity contribution in [2.24, 2.45) is 0 Å². The Kier molecular flexibility index (Phi) is 5.33. The Morgan fingerprint density at radius 2 is 2.09 bits per heavy atom. The maximum absolute atomic E-state index is 12.1. The van der Waals surface area contributed by atoms with Crippen molar-refractivity contribution in [3.63, 3.8) is 0 Å². The first kappa shape index (κ1) is 16.2. The molecule has 0 aliphatic carbocycles. The minimum Gasteiger partial charge on any atom is -0.351 e. The van der Waals surface area contributed by atoms with E-state index in [-0.39, 0.29) is 5.69 Å². The van der Waals surface area contributed by atoms with Gasteiger partial charge >= 0.3 is 0 Å². The Morgan fingerprint density at radius 1 is 1.36 bits per heavy atom. The highest BCUT2D eigenvalue weighted by Crippen LogP contribution is 2.19. The number of aromatic nitrogens is 2. The summed E-state index contributed by atoms with van der Waals surface area (Å²) < 4.78 is 1.51. The summed E-state index contributed by atoms with van der Waals surface area (Å²) in [6.45, 7) is 4.30. The first-order chi connectivity index (χ1) is 10.5. The molecule has 5 nitrogen and oxygen atoms in total. The summed E-state index contributed by atoms with van der Waals surface area (Å²) in [7, 11) is 0. The van der Waals surface area contributed by atoms with Crippen molar-refractivity contribution < 1.29 is 4.79 Å². The number of nitrogens with one attached hydrogen (secondary N) is 1. The van der Waals surface area contributed by atoms with E-state index >= 15 is 0 Å². The van der Waals surface area contributed by atoms with Crippen LogP contribution in [0, 0.1) is 6.92 Å². The molecule has 1 amide bonds. The summed E-state index contributed by atoms with van der Waals surface area (Å²) in [5.74, 6) is -0.459. The number of aryl methyl sites for hydroxylation is 1. The minimum atomic E-state index is -0.459. The normalized spacial score (nSPS) is 10.5. The molecule has 1 aromatic heterocycles. The molecule has 2 aromatic rings. The third kappa shape index (κ3) is 3.54. The summed E-state index contributed by atoms with van der Waals surface area (Å²) in [4.78, 5) is 24.1. The molecule has 0 saturated heterocycles. The van der Waals surface area contributed by atoms with Gasteiger partial charge in [0, 0.05) is 18.3 Å². The fourth-order valence-corrected chi connectivity index (χ4v) is 2.25. The van der Waals surface area contributed by atoms with Crippen LogP contribution in [0.1, 0.15) is 35.9 Å². The van der Waals surface area contributed by atoms with Crippen LogP contribution in [0.4, 0.5) is 0 Å². The van der Waals surface area contributed by atoms with Crippen LogP contribution in [-0.2, 0) is 0 Å². The van der Waals surface area contributed by atoms with E-state index in [1.165, 1.54) is 10.7 Å². The van der Waals surface area contributed by atoms with Gasteiger partial charge in [-0.2, -0.15) is 5.10 Å². The number of benzene rings is 1. The van der Waals surface area contributed by atoms with Crippen molar-refractivity contribution in [3.8, 4) is 5.69 Å². The third-order valence-corrected chi connectivity index (χ3v) is 3.54. The van der Waals surface area contributed by atoms with Crippen LogP contribution in [0.2, 0.25) is 5.02 Å². The zero-order valence-corrected chi connectivity index (χ0v) is 13.4. The first-order valence-electron chi connectivity index (χ1n) is 7.18. The van der Waals surface area contributed by atoms with Crippen LogP contribution in [0.25, 0.3) is 5.69 Å². The quantitative estimate of drug-likeness (QED) is 0.862. The second kappa shape index (κ2) is 7.22. The molecule has 0 spiro atoms. The monoisotopic (exact) mass is 319 g/mol. The van der Waals surface area contributed by atoms with E-state index in [0.717, 1.165) is 12.8 Å². The van der Waals surface area contributed by atoms with Crippen molar-refractivity contribution in [3.05, 3.63) is 57.0 Å². The number of unbranched alkanes of at least 4 members (excludes halogenated alkanes) is 1. The van der Waals surface area contributed by atoms with E-state index in [1.54, 1.807) is 19.1 Å². The van der Waals surface area contributed by atoms with Gasteiger partial charge in [0.1, 0.15) is 0 Å². The van der Waals surface area contributed by atoms with E-state index in [0.29, 0.717) is 22.9 Å². The lowest BCUT2D eigenvalue weighted by molar-refractivity contribution is 0.0945. The van der Waals surface area contributed by atoms with Gasteiger partial charge in [0.15, 0.2) is 5.69 Å². The van der Waals surface area contributed by atoms with Crippen molar-refractivity contribution >= 4 is 17.5 Å². The van der Waals surface area contributed by atoms with Crippen molar-refractivity contribution in [1.29, 1.82) is 0 Å². The van der Waals surface area contributed by atoms with Crippen LogP contribution in [-0.4, -0.2) is 22.2 Å². The van der Waals surface area contributed by atoms with Gasteiger partial charge in [0.25, 0.3) is 5.91 Å². The van der Waals surface area contributed by atoms with Gasteiger partial charge in [-0.25, -0.2) is 4.68 Å². The Bertz CT molecular complexity index is 740. The Labute approximate surface area is 133 Å². The van der Waals surface area contributed by atoms with E-state index in [9.17, 15) is 9.59 Å². The smallest absolute Gasteiger partial charge is 0.275 e. The maximum Gasteiger partial charge on any atom is 0.275 e. The lowest BCUT2D eigenvalue weighted by atomic mass is 10.2. The molecular formula is C16H18ClN3O2. The molecule has 6 heteroatoms. The molecule has 0 bridgehead atoms. The molecule has 0 aliphatic heterocycles. The molecule has 0 saturated carbocycles. The van der Waals surface area contributed by atoms with Gasteiger partial charge in [-0.1, -0.05) is 37.1 Å². The lowest BCUT2D eigenvalue weighted by Crippen LogP contribution is -2.32. The summed E-state index contributed by atoms with van der Waals surface area (Å²) in [5, 5.41) is 7.39. The van der Waals surface area contributed by atoms with E-state index < -0.39 is 11.3 Å². The van der Waals surface area contributed by atoms with Gasteiger partial charge in [0.05, 0.1) is 10.7 Å². The largest absolute Gasteiger partial charge is 0.351 e. The molecule has 1 N–H and O–H groups in total. The number of amides is 1. The number of hydrogen-bond donors (Lipinski definition) is 1. The Hall–Kier alpha value is -2.14. The van der Waals surface area contributed by atoms with Gasteiger partial charge in [-0.3, -0.25) is 9.59 Å². The highest BCUT2D eigenvalue weighted by Gasteiger charge is 2.15. The molecule has 0 radical (unpaired) electrons. The van der Waals surface area contributed by atoms with E-state index in [1.807, 2.05) is 19.1 Å². The highest BCUT2D eigenvalue weighted by molar-refractivity contribution is 6.32. The topological polar surface area (TPSA) is 64.0 Å². The van der Waals surface area contributed by atoms with Gasteiger partial charge in [0.2, 0.25) is 5.43 Å². The molecule has 1 heterocycles. The Morgan fingerprint density at radius 3 is 2.77 bits per heavy atom. The number of carbonyl (C=O) groups is 1.